The fraction of sp³-hybridized carbons (Fsp3) is 0.250. The van der Waals surface area contributed by atoms with Crippen molar-refractivity contribution in [3.8, 4) is 0 Å². The van der Waals surface area contributed by atoms with Crippen LogP contribution in [-0.2, 0) is 0 Å². The predicted molar refractivity (Wildman–Crippen MR) is 68.8 cm³/mol. The van der Waals surface area contributed by atoms with Gasteiger partial charge in [0.2, 0.25) is 0 Å². The Kier molecular flexibility index (Phi) is 2.74. The molecule has 1 aromatic carbocycles. The summed E-state index contributed by atoms with van der Waals surface area (Å²) in [6, 6.07) is 3.82. The van der Waals surface area contributed by atoms with Crippen LogP contribution in [0.4, 0.5) is 5.69 Å². The summed E-state index contributed by atoms with van der Waals surface area (Å²) < 4.78 is 0. The minimum Gasteiger partial charge on any atom is -0.323 e. The van der Waals surface area contributed by atoms with Crippen LogP contribution in [0.25, 0.3) is 10.9 Å². The normalized spacial score (nSPS) is 10.8. The lowest BCUT2D eigenvalue weighted by atomic mass is 10.0. The Hall–Kier alpha value is -1.32. The highest BCUT2D eigenvalue weighted by molar-refractivity contribution is 6.32. The van der Waals surface area contributed by atoms with Gasteiger partial charge in [-0.1, -0.05) is 11.6 Å². The van der Waals surface area contributed by atoms with E-state index in [1.165, 1.54) is 0 Å². The van der Waals surface area contributed by atoms with Gasteiger partial charge in [-0.05, 0) is 44.0 Å². The minimum atomic E-state index is 0.728. The van der Waals surface area contributed by atoms with Crippen molar-refractivity contribution < 1.29 is 0 Å². The maximum Gasteiger partial charge on any atom is 0.0770 e. The van der Waals surface area contributed by atoms with Crippen LogP contribution < -0.4 is 11.3 Å². The molecule has 0 saturated heterocycles. The maximum atomic E-state index is 6.08. The number of aryl methyl sites for hydroxylation is 2. The van der Waals surface area contributed by atoms with Gasteiger partial charge in [-0.2, -0.15) is 0 Å². The van der Waals surface area contributed by atoms with Crippen molar-refractivity contribution in [2.75, 3.05) is 5.43 Å². The van der Waals surface area contributed by atoms with E-state index < -0.39 is 0 Å². The second-order valence-electron chi connectivity index (χ2n) is 3.91. The smallest absolute Gasteiger partial charge is 0.0770 e. The van der Waals surface area contributed by atoms with Gasteiger partial charge in [0.15, 0.2) is 0 Å². The van der Waals surface area contributed by atoms with E-state index in [9.17, 15) is 0 Å². The molecule has 0 aliphatic heterocycles. The van der Waals surface area contributed by atoms with Gasteiger partial charge in [-0.3, -0.25) is 10.8 Å². The number of nitrogens with zero attached hydrogens (tertiary/aromatic N) is 1. The molecule has 2 rings (SSSR count). The molecule has 16 heavy (non-hydrogen) atoms. The molecule has 1 heterocycles. The van der Waals surface area contributed by atoms with E-state index in [4.69, 9.17) is 17.4 Å². The van der Waals surface area contributed by atoms with Crippen molar-refractivity contribution in [2.45, 2.75) is 20.8 Å². The summed E-state index contributed by atoms with van der Waals surface area (Å²) >= 11 is 6.08. The van der Waals surface area contributed by atoms with E-state index >= 15 is 0 Å². The van der Waals surface area contributed by atoms with Crippen LogP contribution in [0.1, 0.15) is 16.8 Å². The number of hydrogen-bond acceptors (Lipinski definition) is 3. The van der Waals surface area contributed by atoms with Crippen LogP contribution in [0.3, 0.4) is 0 Å². The van der Waals surface area contributed by atoms with Crippen molar-refractivity contribution >= 4 is 28.2 Å². The Morgan fingerprint density at radius 1 is 1.19 bits per heavy atom. The highest BCUT2D eigenvalue weighted by Crippen LogP contribution is 2.31. The Labute approximate surface area is 99.6 Å². The molecule has 0 amide bonds. The molecule has 1 aromatic heterocycles. The molecule has 0 radical (unpaired) electrons. The second-order valence-corrected chi connectivity index (χ2v) is 4.32. The van der Waals surface area contributed by atoms with Crippen LogP contribution in [0.5, 0.6) is 0 Å². The molecule has 0 saturated carbocycles. The number of halogens is 1. The molecule has 0 unspecified atom stereocenters. The summed E-state index contributed by atoms with van der Waals surface area (Å²) in [6.07, 6.45) is 0. The monoisotopic (exact) mass is 235 g/mol. The third-order valence-electron chi connectivity index (χ3n) is 2.98. The summed E-state index contributed by atoms with van der Waals surface area (Å²) in [4.78, 5) is 4.56. The number of benzene rings is 1. The highest BCUT2D eigenvalue weighted by Gasteiger charge is 2.11. The van der Waals surface area contributed by atoms with E-state index in [1.807, 2.05) is 32.9 Å². The fourth-order valence-electron chi connectivity index (χ4n) is 1.84. The quantitative estimate of drug-likeness (QED) is 0.590. The van der Waals surface area contributed by atoms with E-state index in [-0.39, 0.29) is 0 Å². The van der Waals surface area contributed by atoms with Crippen molar-refractivity contribution in [3.63, 3.8) is 0 Å². The third-order valence-corrected chi connectivity index (χ3v) is 3.39. The number of nitrogens with one attached hydrogen (secondary N) is 1. The Balaban J connectivity index is 2.96. The van der Waals surface area contributed by atoms with Gasteiger partial charge in [-0.15, -0.1) is 0 Å². The third kappa shape index (κ3) is 1.52. The number of aromatic nitrogens is 1. The van der Waals surface area contributed by atoms with E-state index in [0.29, 0.717) is 0 Å². The predicted octanol–water partition coefficient (Wildman–Crippen LogP) is 3.10. The van der Waals surface area contributed by atoms with Gasteiger partial charge in [0.25, 0.3) is 0 Å². The molecule has 0 aliphatic rings. The molecule has 3 N–H and O–H groups in total. The van der Waals surface area contributed by atoms with Crippen LogP contribution in [0.15, 0.2) is 12.1 Å². The molecule has 4 heteroatoms. The van der Waals surface area contributed by atoms with Crippen molar-refractivity contribution in [3.05, 3.63) is 34.0 Å². The summed E-state index contributed by atoms with van der Waals surface area (Å²) in [5.74, 6) is 5.56. The van der Waals surface area contributed by atoms with Gasteiger partial charge >= 0.3 is 0 Å². The Morgan fingerprint density at radius 2 is 1.88 bits per heavy atom. The number of pyridine rings is 1. The van der Waals surface area contributed by atoms with Crippen LogP contribution in [0.2, 0.25) is 5.02 Å². The number of hydrazine groups is 1. The molecule has 0 spiro atoms. The molecule has 0 atom stereocenters. The standard InChI is InChI=1S/C12H14ClN3/c1-6-8(3)15-11-7(2)10(13)5-4-9(11)12(6)16-14/h4-5H,14H2,1-3H3,(H,15,16). The fourth-order valence-corrected chi connectivity index (χ4v) is 1.99. The highest BCUT2D eigenvalue weighted by atomic mass is 35.5. The summed E-state index contributed by atoms with van der Waals surface area (Å²) in [5, 5.41) is 1.73. The van der Waals surface area contributed by atoms with Gasteiger partial charge in [0.05, 0.1) is 11.2 Å². The first-order valence-corrected chi connectivity index (χ1v) is 5.46. The summed E-state index contributed by atoms with van der Waals surface area (Å²) in [7, 11) is 0. The zero-order valence-electron chi connectivity index (χ0n) is 9.56. The zero-order valence-corrected chi connectivity index (χ0v) is 10.3. The number of rotatable bonds is 1. The zero-order chi connectivity index (χ0) is 11.9. The number of anilines is 1. The number of nitrogen functional groups attached to an aromatic ring is 1. The summed E-state index contributed by atoms with van der Waals surface area (Å²) in [6.45, 7) is 5.93. The lowest BCUT2D eigenvalue weighted by Crippen LogP contribution is -2.10. The molecular formula is C12H14ClN3. The van der Waals surface area contributed by atoms with Crippen molar-refractivity contribution in [2.24, 2.45) is 5.84 Å². The van der Waals surface area contributed by atoms with Crippen molar-refractivity contribution in [1.82, 2.24) is 4.98 Å². The molecule has 3 nitrogen and oxygen atoms in total. The SMILES string of the molecule is Cc1nc2c(C)c(Cl)ccc2c(NN)c1C. The van der Waals surface area contributed by atoms with Crippen LogP contribution >= 0.6 is 11.6 Å². The lowest BCUT2D eigenvalue weighted by Gasteiger charge is -2.13. The summed E-state index contributed by atoms with van der Waals surface area (Å²) in [5.41, 5.74) is 7.58. The maximum absolute atomic E-state index is 6.08. The largest absolute Gasteiger partial charge is 0.323 e. The first-order chi connectivity index (χ1) is 7.56. The number of nitrogens with two attached hydrogens (primary N) is 1. The number of hydrogen-bond donors (Lipinski definition) is 2. The first-order valence-electron chi connectivity index (χ1n) is 5.09. The molecule has 84 valence electrons. The van der Waals surface area contributed by atoms with Crippen molar-refractivity contribution in [1.29, 1.82) is 0 Å². The second kappa shape index (κ2) is 3.92. The topological polar surface area (TPSA) is 50.9 Å². The molecule has 0 fully saturated rings. The van der Waals surface area contributed by atoms with Gasteiger partial charge in [0.1, 0.15) is 0 Å². The van der Waals surface area contributed by atoms with Gasteiger partial charge in [0, 0.05) is 16.1 Å². The van der Waals surface area contributed by atoms with E-state index in [1.54, 1.807) is 0 Å². The molecule has 0 bridgehead atoms. The van der Waals surface area contributed by atoms with E-state index in [0.717, 1.165) is 38.4 Å². The first kappa shape index (κ1) is 11.2. The average molecular weight is 236 g/mol. The lowest BCUT2D eigenvalue weighted by molar-refractivity contribution is 1.17. The van der Waals surface area contributed by atoms with E-state index in [2.05, 4.69) is 10.4 Å². The Morgan fingerprint density at radius 3 is 2.50 bits per heavy atom. The molecule has 0 aliphatic carbocycles. The molecule has 2 aromatic rings. The van der Waals surface area contributed by atoms with Crippen LogP contribution in [0, 0.1) is 20.8 Å². The van der Waals surface area contributed by atoms with Crippen LogP contribution in [-0.4, -0.2) is 4.98 Å². The minimum absolute atomic E-state index is 0.728. The van der Waals surface area contributed by atoms with Gasteiger partial charge in [-0.25, -0.2) is 0 Å². The number of fused-ring (bicyclic) bond motifs is 1. The molecular weight excluding hydrogens is 222 g/mol. The van der Waals surface area contributed by atoms with Gasteiger partial charge < -0.3 is 5.43 Å². The Bertz CT molecular complexity index is 564. The average Bonchev–Trinajstić information content (AvgIpc) is 2.27.